The predicted molar refractivity (Wildman–Crippen MR) is 91.2 cm³/mol. The molecule has 0 atom stereocenters. The summed E-state index contributed by atoms with van der Waals surface area (Å²) in [6, 6.07) is 15.4. The van der Waals surface area contributed by atoms with E-state index in [1.165, 1.54) is 0 Å². The number of carbonyl (C=O) groups is 1. The van der Waals surface area contributed by atoms with Gasteiger partial charge in [-0.15, -0.1) is 0 Å². The number of aromatic nitrogens is 2. The number of hydrogen-bond donors (Lipinski definition) is 0. The first-order valence-electron chi connectivity index (χ1n) is 7.48. The molecular formula is C19H18ClN2O+. The van der Waals surface area contributed by atoms with Gasteiger partial charge in [0.2, 0.25) is 12.3 Å². The van der Waals surface area contributed by atoms with E-state index in [0.717, 1.165) is 22.6 Å². The maximum absolute atomic E-state index is 12.6. The number of ketones is 1. The van der Waals surface area contributed by atoms with E-state index >= 15 is 0 Å². The Labute approximate surface area is 140 Å². The lowest BCUT2D eigenvalue weighted by molar-refractivity contribution is -0.683. The number of hydrogen-bond acceptors (Lipinski definition) is 1. The molecular weight excluding hydrogens is 308 g/mol. The standard InChI is InChI=1S/C19H18ClN2O/c1-14-12-18(19(23)13-21-10-4-3-5-11-21)15(2)22(14)17-8-6-16(20)7-9-17/h3-12H,13H2,1-2H3/q+1. The van der Waals surface area contributed by atoms with Gasteiger partial charge in [-0.25, -0.2) is 0 Å². The van der Waals surface area contributed by atoms with Crippen molar-refractivity contribution in [2.24, 2.45) is 0 Å². The lowest BCUT2D eigenvalue weighted by Gasteiger charge is -2.09. The molecule has 0 bridgehead atoms. The van der Waals surface area contributed by atoms with Gasteiger partial charge < -0.3 is 4.57 Å². The molecule has 23 heavy (non-hydrogen) atoms. The molecule has 1 aromatic carbocycles. The van der Waals surface area contributed by atoms with Gasteiger partial charge in [-0.05, 0) is 44.2 Å². The number of benzene rings is 1. The molecule has 3 rings (SSSR count). The van der Waals surface area contributed by atoms with Gasteiger partial charge in [0.1, 0.15) is 0 Å². The van der Waals surface area contributed by atoms with Crippen LogP contribution in [0, 0.1) is 13.8 Å². The van der Waals surface area contributed by atoms with E-state index in [-0.39, 0.29) is 5.78 Å². The minimum absolute atomic E-state index is 0.106. The number of halogens is 1. The molecule has 4 heteroatoms. The summed E-state index contributed by atoms with van der Waals surface area (Å²) in [5, 5.41) is 0.702. The molecule has 0 unspecified atom stereocenters. The maximum Gasteiger partial charge on any atom is 0.229 e. The molecule has 0 amide bonds. The van der Waals surface area contributed by atoms with Gasteiger partial charge in [-0.2, -0.15) is 4.57 Å². The van der Waals surface area contributed by atoms with Crippen molar-refractivity contribution >= 4 is 17.4 Å². The molecule has 0 N–H and O–H groups in total. The number of nitrogens with zero attached hydrogens (tertiary/aromatic N) is 2. The predicted octanol–water partition coefficient (Wildman–Crippen LogP) is 3.92. The molecule has 2 aromatic heterocycles. The fourth-order valence-electron chi connectivity index (χ4n) is 2.82. The topological polar surface area (TPSA) is 25.9 Å². The molecule has 116 valence electrons. The van der Waals surface area contributed by atoms with Crippen molar-refractivity contribution < 1.29 is 9.36 Å². The molecule has 0 saturated carbocycles. The van der Waals surface area contributed by atoms with Gasteiger partial charge in [0.05, 0.1) is 0 Å². The van der Waals surface area contributed by atoms with E-state index < -0.39 is 0 Å². The van der Waals surface area contributed by atoms with E-state index in [2.05, 4.69) is 4.57 Å². The lowest BCUT2D eigenvalue weighted by atomic mass is 10.1. The number of rotatable bonds is 4. The number of carbonyl (C=O) groups excluding carboxylic acids is 1. The highest BCUT2D eigenvalue weighted by molar-refractivity contribution is 6.30. The normalized spacial score (nSPS) is 10.7. The molecule has 2 heterocycles. The zero-order valence-electron chi connectivity index (χ0n) is 13.2. The van der Waals surface area contributed by atoms with E-state index in [0.29, 0.717) is 11.6 Å². The van der Waals surface area contributed by atoms with Crippen LogP contribution >= 0.6 is 11.6 Å². The van der Waals surface area contributed by atoms with Crippen LogP contribution in [0.4, 0.5) is 0 Å². The summed E-state index contributed by atoms with van der Waals surface area (Å²) >= 11 is 5.96. The number of pyridine rings is 1. The molecule has 0 aliphatic rings. The first-order valence-corrected chi connectivity index (χ1v) is 7.86. The van der Waals surface area contributed by atoms with E-state index in [9.17, 15) is 4.79 Å². The van der Waals surface area contributed by atoms with Crippen LogP contribution in [-0.2, 0) is 6.54 Å². The van der Waals surface area contributed by atoms with Crippen LogP contribution < -0.4 is 4.57 Å². The van der Waals surface area contributed by atoms with Gasteiger partial charge in [-0.1, -0.05) is 17.7 Å². The van der Waals surface area contributed by atoms with E-state index in [4.69, 9.17) is 11.6 Å². The maximum atomic E-state index is 12.6. The lowest BCUT2D eigenvalue weighted by Crippen LogP contribution is -2.36. The first-order chi connectivity index (χ1) is 11.1. The van der Waals surface area contributed by atoms with Crippen molar-refractivity contribution in [1.82, 2.24) is 4.57 Å². The summed E-state index contributed by atoms with van der Waals surface area (Å²) in [5.41, 5.74) is 3.75. The van der Waals surface area contributed by atoms with Crippen LogP contribution in [0.1, 0.15) is 21.7 Å². The third-order valence-electron chi connectivity index (χ3n) is 3.92. The Balaban J connectivity index is 1.94. The number of aryl methyl sites for hydroxylation is 1. The van der Waals surface area contributed by atoms with Crippen molar-refractivity contribution in [2.45, 2.75) is 20.4 Å². The van der Waals surface area contributed by atoms with Gasteiger partial charge >= 0.3 is 0 Å². The molecule has 0 fully saturated rings. The molecule has 0 radical (unpaired) electrons. The average Bonchev–Trinajstić information content (AvgIpc) is 2.84. The van der Waals surface area contributed by atoms with Crippen molar-refractivity contribution in [3.8, 4) is 5.69 Å². The summed E-state index contributed by atoms with van der Waals surface area (Å²) in [4.78, 5) is 12.6. The third-order valence-corrected chi connectivity index (χ3v) is 4.17. The highest BCUT2D eigenvalue weighted by atomic mass is 35.5. The zero-order valence-corrected chi connectivity index (χ0v) is 13.9. The Kier molecular flexibility index (Phi) is 4.30. The van der Waals surface area contributed by atoms with Crippen molar-refractivity contribution in [2.75, 3.05) is 0 Å². The Hall–Kier alpha value is -2.39. The van der Waals surface area contributed by atoms with Gasteiger partial charge in [0.15, 0.2) is 12.4 Å². The second kappa shape index (κ2) is 6.39. The quantitative estimate of drug-likeness (QED) is 0.527. The second-order valence-electron chi connectivity index (χ2n) is 5.57. The van der Waals surface area contributed by atoms with Crippen molar-refractivity contribution in [3.05, 3.63) is 82.9 Å². The van der Waals surface area contributed by atoms with Crippen LogP contribution in [0.3, 0.4) is 0 Å². The highest BCUT2D eigenvalue weighted by Crippen LogP contribution is 2.22. The van der Waals surface area contributed by atoms with E-state index in [1.54, 1.807) is 0 Å². The smallest absolute Gasteiger partial charge is 0.229 e. The Morgan fingerprint density at radius 1 is 1.09 bits per heavy atom. The van der Waals surface area contributed by atoms with Crippen LogP contribution in [0.5, 0.6) is 0 Å². The SMILES string of the molecule is Cc1cc(C(=O)C[n+]2ccccc2)c(C)n1-c1ccc(Cl)cc1. The fourth-order valence-corrected chi connectivity index (χ4v) is 2.95. The summed E-state index contributed by atoms with van der Waals surface area (Å²) in [6.45, 7) is 4.32. The molecule has 0 spiro atoms. The van der Waals surface area contributed by atoms with Crippen molar-refractivity contribution in [1.29, 1.82) is 0 Å². The Morgan fingerprint density at radius 2 is 1.74 bits per heavy atom. The molecule has 3 nitrogen and oxygen atoms in total. The van der Waals surface area contributed by atoms with Crippen LogP contribution in [0.25, 0.3) is 5.69 Å². The Bertz CT molecular complexity index is 836. The summed E-state index contributed by atoms with van der Waals surface area (Å²) < 4.78 is 3.97. The summed E-state index contributed by atoms with van der Waals surface area (Å²) in [6.07, 6.45) is 3.80. The zero-order chi connectivity index (χ0) is 16.4. The third kappa shape index (κ3) is 3.20. The van der Waals surface area contributed by atoms with Gasteiger partial charge in [-0.3, -0.25) is 4.79 Å². The van der Waals surface area contributed by atoms with Crippen LogP contribution in [0.2, 0.25) is 5.02 Å². The van der Waals surface area contributed by atoms with Crippen molar-refractivity contribution in [3.63, 3.8) is 0 Å². The minimum atomic E-state index is 0.106. The second-order valence-corrected chi connectivity index (χ2v) is 6.00. The summed E-state index contributed by atoms with van der Waals surface area (Å²) in [5.74, 6) is 0.106. The van der Waals surface area contributed by atoms with E-state index in [1.807, 2.05) is 79.3 Å². The molecule has 0 saturated heterocycles. The number of Topliss-reactive ketones (excluding diaryl/α,β-unsaturated/α-hetero) is 1. The van der Waals surface area contributed by atoms with Crippen LogP contribution in [-0.4, -0.2) is 10.4 Å². The molecule has 0 aliphatic heterocycles. The highest BCUT2D eigenvalue weighted by Gasteiger charge is 2.19. The molecule has 3 aromatic rings. The Morgan fingerprint density at radius 3 is 2.39 bits per heavy atom. The monoisotopic (exact) mass is 325 g/mol. The largest absolute Gasteiger partial charge is 0.318 e. The fraction of sp³-hybridized carbons (Fsp3) is 0.158. The molecule has 0 aliphatic carbocycles. The average molecular weight is 326 g/mol. The first kappa shape index (κ1) is 15.5. The van der Waals surface area contributed by atoms with Gasteiger partial charge in [0.25, 0.3) is 0 Å². The summed E-state index contributed by atoms with van der Waals surface area (Å²) in [7, 11) is 0. The van der Waals surface area contributed by atoms with Crippen LogP contribution in [0.15, 0.2) is 60.9 Å². The van der Waals surface area contributed by atoms with Gasteiger partial charge in [0, 0.05) is 39.8 Å². The minimum Gasteiger partial charge on any atom is -0.318 e.